The van der Waals surface area contributed by atoms with Gasteiger partial charge in [0.25, 0.3) is 0 Å². The molecule has 0 amide bonds. The standard InChI is InChI=1S/C18H13BFNO2/c20-16-11-12(9-10-15(16)19(22)23)21-17-7-3-1-5-13(17)14-6-2-4-8-18(14)21/h1-11,22-23H. The molecule has 4 rings (SSSR count). The first-order chi connectivity index (χ1) is 11.2. The molecule has 0 saturated heterocycles. The van der Waals surface area contributed by atoms with Crippen molar-refractivity contribution < 1.29 is 14.4 Å². The molecule has 0 radical (unpaired) electrons. The van der Waals surface area contributed by atoms with Crippen LogP contribution in [0.4, 0.5) is 4.39 Å². The van der Waals surface area contributed by atoms with Crippen LogP contribution in [0.2, 0.25) is 0 Å². The summed E-state index contributed by atoms with van der Waals surface area (Å²) in [4.78, 5) is 0. The molecule has 5 heteroatoms. The molecule has 112 valence electrons. The summed E-state index contributed by atoms with van der Waals surface area (Å²) < 4.78 is 16.1. The second-order valence-corrected chi connectivity index (χ2v) is 5.45. The molecular weight excluding hydrogens is 292 g/mol. The molecule has 0 aliphatic carbocycles. The summed E-state index contributed by atoms with van der Waals surface area (Å²) in [6.45, 7) is 0. The van der Waals surface area contributed by atoms with Crippen molar-refractivity contribution in [2.45, 2.75) is 0 Å². The van der Waals surface area contributed by atoms with Crippen LogP contribution in [0, 0.1) is 5.82 Å². The molecule has 2 N–H and O–H groups in total. The monoisotopic (exact) mass is 305 g/mol. The van der Waals surface area contributed by atoms with Crippen LogP contribution in [0.1, 0.15) is 0 Å². The quantitative estimate of drug-likeness (QED) is 0.559. The minimum atomic E-state index is -1.82. The third-order valence-electron chi connectivity index (χ3n) is 4.10. The Balaban J connectivity index is 2.06. The van der Waals surface area contributed by atoms with Crippen molar-refractivity contribution in [1.82, 2.24) is 4.57 Å². The van der Waals surface area contributed by atoms with E-state index in [1.54, 1.807) is 6.07 Å². The lowest BCUT2D eigenvalue weighted by molar-refractivity contribution is 0.423. The summed E-state index contributed by atoms with van der Waals surface area (Å²) in [7, 11) is -1.82. The number of fused-ring (bicyclic) bond motifs is 3. The van der Waals surface area contributed by atoms with E-state index in [1.807, 2.05) is 53.1 Å². The van der Waals surface area contributed by atoms with Gasteiger partial charge in [-0.15, -0.1) is 0 Å². The van der Waals surface area contributed by atoms with Gasteiger partial charge in [-0.05, 0) is 24.3 Å². The van der Waals surface area contributed by atoms with Crippen LogP contribution in [0.3, 0.4) is 0 Å². The minimum Gasteiger partial charge on any atom is -0.423 e. The van der Waals surface area contributed by atoms with Gasteiger partial charge in [-0.2, -0.15) is 0 Å². The molecular formula is C18H13BFNO2. The van der Waals surface area contributed by atoms with E-state index >= 15 is 0 Å². The smallest absolute Gasteiger partial charge is 0.423 e. The van der Waals surface area contributed by atoms with Crippen LogP contribution in [0.25, 0.3) is 27.5 Å². The third-order valence-corrected chi connectivity index (χ3v) is 4.10. The zero-order chi connectivity index (χ0) is 16.0. The van der Waals surface area contributed by atoms with E-state index in [2.05, 4.69) is 0 Å². The fourth-order valence-electron chi connectivity index (χ4n) is 3.07. The predicted octanol–water partition coefficient (Wildman–Crippen LogP) is 2.60. The summed E-state index contributed by atoms with van der Waals surface area (Å²) in [5.74, 6) is -0.639. The van der Waals surface area contributed by atoms with Crippen LogP contribution in [-0.2, 0) is 0 Å². The second-order valence-electron chi connectivity index (χ2n) is 5.45. The maximum atomic E-state index is 14.2. The van der Waals surface area contributed by atoms with E-state index in [-0.39, 0.29) is 5.46 Å². The molecule has 0 fully saturated rings. The zero-order valence-corrected chi connectivity index (χ0v) is 12.1. The average molecular weight is 305 g/mol. The lowest BCUT2D eigenvalue weighted by atomic mass is 9.80. The molecule has 1 aromatic heterocycles. The number of hydrogen-bond acceptors (Lipinski definition) is 2. The number of nitrogens with zero attached hydrogens (tertiary/aromatic N) is 1. The Bertz CT molecular complexity index is 973. The maximum Gasteiger partial charge on any atom is 0.491 e. The van der Waals surface area contributed by atoms with Gasteiger partial charge >= 0.3 is 7.12 Å². The SMILES string of the molecule is OB(O)c1ccc(-n2c3ccccc3c3ccccc32)cc1F. The highest BCUT2D eigenvalue weighted by atomic mass is 19.1. The summed E-state index contributed by atoms with van der Waals surface area (Å²) >= 11 is 0. The Kier molecular flexibility index (Phi) is 3.18. The van der Waals surface area contributed by atoms with Crippen LogP contribution in [0.15, 0.2) is 66.7 Å². The molecule has 4 aromatic rings. The van der Waals surface area contributed by atoms with Gasteiger partial charge in [-0.1, -0.05) is 42.5 Å². The molecule has 0 unspecified atom stereocenters. The number of aromatic nitrogens is 1. The van der Waals surface area contributed by atoms with Crippen LogP contribution in [-0.4, -0.2) is 21.7 Å². The first-order valence-electron chi connectivity index (χ1n) is 7.31. The van der Waals surface area contributed by atoms with Crippen molar-refractivity contribution in [3.8, 4) is 5.69 Å². The summed E-state index contributed by atoms with van der Waals surface area (Å²) in [6.07, 6.45) is 0. The van der Waals surface area contributed by atoms with Gasteiger partial charge < -0.3 is 14.6 Å². The molecule has 0 bridgehead atoms. The summed E-state index contributed by atoms with van der Waals surface area (Å²) in [5.41, 5.74) is 2.47. The molecule has 0 aliphatic rings. The molecule has 0 saturated carbocycles. The molecule has 1 heterocycles. The first-order valence-corrected chi connectivity index (χ1v) is 7.31. The molecule has 0 spiro atoms. The van der Waals surface area contributed by atoms with Gasteiger partial charge in [0.15, 0.2) is 0 Å². The highest BCUT2D eigenvalue weighted by molar-refractivity contribution is 6.58. The number of halogens is 1. The van der Waals surface area contributed by atoms with Gasteiger partial charge in [0.2, 0.25) is 0 Å². The molecule has 23 heavy (non-hydrogen) atoms. The fourth-order valence-corrected chi connectivity index (χ4v) is 3.07. The van der Waals surface area contributed by atoms with Gasteiger partial charge in [-0.3, -0.25) is 0 Å². The van der Waals surface area contributed by atoms with Gasteiger partial charge in [0.05, 0.1) is 11.0 Å². The summed E-state index contributed by atoms with van der Waals surface area (Å²) in [6, 6.07) is 20.3. The van der Waals surface area contributed by atoms with Crippen LogP contribution in [0.5, 0.6) is 0 Å². The molecule has 3 nitrogen and oxygen atoms in total. The van der Waals surface area contributed by atoms with Crippen LogP contribution >= 0.6 is 0 Å². The van der Waals surface area contributed by atoms with Crippen molar-refractivity contribution in [2.75, 3.05) is 0 Å². The second kappa shape index (κ2) is 5.23. The lowest BCUT2D eigenvalue weighted by Gasteiger charge is -2.10. The van der Waals surface area contributed by atoms with Crippen molar-refractivity contribution in [3.63, 3.8) is 0 Å². The number of benzene rings is 3. The highest BCUT2D eigenvalue weighted by Crippen LogP contribution is 2.31. The predicted molar refractivity (Wildman–Crippen MR) is 90.6 cm³/mol. The van der Waals surface area contributed by atoms with Gasteiger partial charge in [0, 0.05) is 21.9 Å². The first kappa shape index (κ1) is 14.0. The lowest BCUT2D eigenvalue weighted by Crippen LogP contribution is -2.32. The zero-order valence-electron chi connectivity index (χ0n) is 12.1. The molecule has 3 aromatic carbocycles. The minimum absolute atomic E-state index is 0.130. The van der Waals surface area contributed by atoms with Crippen molar-refractivity contribution in [2.24, 2.45) is 0 Å². The Labute approximate surface area is 132 Å². The average Bonchev–Trinajstić information content (AvgIpc) is 2.89. The third kappa shape index (κ3) is 2.13. The van der Waals surface area contributed by atoms with E-state index in [0.29, 0.717) is 5.69 Å². The van der Waals surface area contributed by atoms with E-state index in [4.69, 9.17) is 0 Å². The number of para-hydroxylation sites is 2. The topological polar surface area (TPSA) is 45.4 Å². The number of rotatable bonds is 2. The van der Waals surface area contributed by atoms with Crippen molar-refractivity contribution >= 4 is 34.4 Å². The van der Waals surface area contributed by atoms with E-state index in [9.17, 15) is 14.4 Å². The normalized spacial score (nSPS) is 11.3. The highest BCUT2D eigenvalue weighted by Gasteiger charge is 2.18. The Hall–Kier alpha value is -2.63. The van der Waals surface area contributed by atoms with Crippen molar-refractivity contribution in [3.05, 3.63) is 72.5 Å². The maximum absolute atomic E-state index is 14.2. The van der Waals surface area contributed by atoms with Gasteiger partial charge in [0.1, 0.15) is 5.82 Å². The summed E-state index contributed by atoms with van der Waals surface area (Å²) in [5, 5.41) is 20.5. The Morgan fingerprint density at radius 1 is 0.783 bits per heavy atom. The molecule has 0 aliphatic heterocycles. The largest absolute Gasteiger partial charge is 0.491 e. The number of hydrogen-bond donors (Lipinski definition) is 2. The van der Waals surface area contributed by atoms with Gasteiger partial charge in [-0.25, -0.2) is 4.39 Å². The van der Waals surface area contributed by atoms with E-state index in [0.717, 1.165) is 21.8 Å². The van der Waals surface area contributed by atoms with Crippen LogP contribution < -0.4 is 5.46 Å². The van der Waals surface area contributed by atoms with E-state index < -0.39 is 12.9 Å². The van der Waals surface area contributed by atoms with Crippen molar-refractivity contribution in [1.29, 1.82) is 0 Å². The molecule has 0 atom stereocenters. The Morgan fingerprint density at radius 2 is 1.35 bits per heavy atom. The fraction of sp³-hybridized carbons (Fsp3) is 0. The van der Waals surface area contributed by atoms with E-state index in [1.165, 1.54) is 12.1 Å². The Morgan fingerprint density at radius 3 is 1.87 bits per heavy atom.